The van der Waals surface area contributed by atoms with Crippen molar-refractivity contribution in [2.75, 3.05) is 6.54 Å². The standard InChI is InChI=1S/C15H16FNO/c16-14-7-3-4-8-15(14)18-11-13-6-2-1-5-12(13)9-10-17/h1-8H,9-11,17H2. The molecule has 18 heavy (non-hydrogen) atoms. The number of ether oxygens (including phenoxy) is 1. The fourth-order valence-electron chi connectivity index (χ4n) is 1.81. The summed E-state index contributed by atoms with van der Waals surface area (Å²) in [7, 11) is 0. The molecule has 0 heterocycles. The van der Waals surface area contributed by atoms with Crippen molar-refractivity contribution in [3.63, 3.8) is 0 Å². The van der Waals surface area contributed by atoms with Gasteiger partial charge in [-0.1, -0.05) is 36.4 Å². The van der Waals surface area contributed by atoms with Crippen molar-refractivity contribution >= 4 is 0 Å². The lowest BCUT2D eigenvalue weighted by atomic mass is 10.1. The highest BCUT2D eigenvalue weighted by molar-refractivity contribution is 5.29. The van der Waals surface area contributed by atoms with Crippen molar-refractivity contribution in [2.24, 2.45) is 5.73 Å². The Kier molecular flexibility index (Phi) is 4.31. The molecule has 0 aliphatic rings. The Labute approximate surface area is 106 Å². The quantitative estimate of drug-likeness (QED) is 0.879. The van der Waals surface area contributed by atoms with Gasteiger partial charge in [-0.15, -0.1) is 0 Å². The van der Waals surface area contributed by atoms with Crippen molar-refractivity contribution in [2.45, 2.75) is 13.0 Å². The predicted octanol–water partition coefficient (Wildman–Crippen LogP) is 2.91. The van der Waals surface area contributed by atoms with Gasteiger partial charge in [-0.3, -0.25) is 0 Å². The van der Waals surface area contributed by atoms with E-state index in [0.717, 1.165) is 17.5 Å². The molecule has 0 aliphatic heterocycles. The molecule has 2 aromatic carbocycles. The van der Waals surface area contributed by atoms with Crippen LogP contribution < -0.4 is 10.5 Å². The molecule has 2 N–H and O–H groups in total. The lowest BCUT2D eigenvalue weighted by Crippen LogP contribution is -2.07. The molecule has 0 bridgehead atoms. The molecule has 0 saturated heterocycles. The highest BCUT2D eigenvalue weighted by Gasteiger charge is 2.04. The number of hydrogen-bond donors (Lipinski definition) is 1. The van der Waals surface area contributed by atoms with E-state index in [1.807, 2.05) is 24.3 Å². The number of rotatable bonds is 5. The molecule has 0 radical (unpaired) electrons. The third kappa shape index (κ3) is 3.08. The van der Waals surface area contributed by atoms with Crippen molar-refractivity contribution in [3.05, 3.63) is 65.5 Å². The molecule has 0 atom stereocenters. The van der Waals surface area contributed by atoms with Gasteiger partial charge in [0.15, 0.2) is 11.6 Å². The molecule has 2 aromatic rings. The van der Waals surface area contributed by atoms with Gasteiger partial charge < -0.3 is 10.5 Å². The first kappa shape index (κ1) is 12.6. The van der Waals surface area contributed by atoms with E-state index in [4.69, 9.17) is 10.5 Å². The van der Waals surface area contributed by atoms with Crippen molar-refractivity contribution in [1.82, 2.24) is 0 Å². The summed E-state index contributed by atoms with van der Waals surface area (Å²) in [6, 6.07) is 14.3. The fourth-order valence-corrected chi connectivity index (χ4v) is 1.81. The normalized spacial score (nSPS) is 10.3. The van der Waals surface area contributed by atoms with Crippen LogP contribution in [0.15, 0.2) is 48.5 Å². The first-order valence-electron chi connectivity index (χ1n) is 5.95. The van der Waals surface area contributed by atoms with Crippen molar-refractivity contribution in [1.29, 1.82) is 0 Å². The van der Waals surface area contributed by atoms with E-state index >= 15 is 0 Å². The Morgan fingerprint density at radius 3 is 2.33 bits per heavy atom. The Morgan fingerprint density at radius 1 is 0.944 bits per heavy atom. The van der Waals surface area contributed by atoms with Gasteiger partial charge in [-0.2, -0.15) is 0 Å². The van der Waals surface area contributed by atoms with E-state index in [-0.39, 0.29) is 11.6 Å². The topological polar surface area (TPSA) is 35.2 Å². The Morgan fingerprint density at radius 2 is 1.61 bits per heavy atom. The summed E-state index contributed by atoms with van der Waals surface area (Å²) in [5, 5.41) is 0. The number of benzene rings is 2. The molecule has 0 amide bonds. The predicted molar refractivity (Wildman–Crippen MR) is 69.9 cm³/mol. The van der Waals surface area contributed by atoms with E-state index in [2.05, 4.69) is 0 Å². The third-order valence-electron chi connectivity index (χ3n) is 2.75. The minimum atomic E-state index is -0.339. The van der Waals surface area contributed by atoms with Crippen LogP contribution in [0.3, 0.4) is 0 Å². The zero-order valence-electron chi connectivity index (χ0n) is 10.1. The molecular weight excluding hydrogens is 229 g/mol. The fraction of sp³-hybridized carbons (Fsp3) is 0.200. The van der Waals surface area contributed by atoms with E-state index in [0.29, 0.717) is 13.2 Å². The van der Waals surface area contributed by atoms with Crippen LogP contribution in [0.5, 0.6) is 5.75 Å². The molecule has 0 aromatic heterocycles. The van der Waals surface area contributed by atoms with Crippen LogP contribution in [0.4, 0.5) is 4.39 Å². The maximum absolute atomic E-state index is 13.4. The average molecular weight is 245 g/mol. The van der Waals surface area contributed by atoms with Gasteiger partial charge in [-0.25, -0.2) is 4.39 Å². The second-order valence-electron chi connectivity index (χ2n) is 4.03. The van der Waals surface area contributed by atoms with Crippen LogP contribution in [0.2, 0.25) is 0 Å². The summed E-state index contributed by atoms with van der Waals surface area (Å²) >= 11 is 0. The minimum Gasteiger partial charge on any atom is -0.486 e. The monoisotopic (exact) mass is 245 g/mol. The molecule has 0 saturated carbocycles. The first-order valence-corrected chi connectivity index (χ1v) is 5.95. The first-order chi connectivity index (χ1) is 8.81. The summed E-state index contributed by atoms with van der Waals surface area (Å²) in [6.45, 7) is 0.952. The summed E-state index contributed by atoms with van der Waals surface area (Å²) in [5.41, 5.74) is 7.76. The van der Waals surface area contributed by atoms with E-state index in [9.17, 15) is 4.39 Å². The van der Waals surface area contributed by atoms with Crippen LogP contribution >= 0.6 is 0 Å². The Hall–Kier alpha value is -1.87. The number of halogens is 1. The molecule has 2 nitrogen and oxygen atoms in total. The van der Waals surface area contributed by atoms with Crippen LogP contribution in [0, 0.1) is 5.82 Å². The lowest BCUT2D eigenvalue weighted by Gasteiger charge is -2.10. The SMILES string of the molecule is NCCc1ccccc1COc1ccccc1F. The van der Waals surface area contributed by atoms with Gasteiger partial charge >= 0.3 is 0 Å². The minimum absolute atomic E-state index is 0.278. The summed E-state index contributed by atoms with van der Waals surface area (Å²) in [5.74, 6) is -0.0612. The maximum atomic E-state index is 13.4. The Bertz CT molecular complexity index is 513. The highest BCUT2D eigenvalue weighted by Crippen LogP contribution is 2.18. The second kappa shape index (κ2) is 6.17. The summed E-state index contributed by atoms with van der Waals surface area (Å²) in [4.78, 5) is 0. The maximum Gasteiger partial charge on any atom is 0.165 e. The molecule has 2 rings (SSSR count). The van der Waals surface area contributed by atoms with Crippen LogP contribution in [0.25, 0.3) is 0 Å². The summed E-state index contributed by atoms with van der Waals surface area (Å²) in [6.07, 6.45) is 0.802. The van der Waals surface area contributed by atoms with Crippen molar-refractivity contribution in [3.8, 4) is 5.75 Å². The lowest BCUT2D eigenvalue weighted by molar-refractivity contribution is 0.289. The van der Waals surface area contributed by atoms with Gasteiger partial charge in [0.1, 0.15) is 6.61 Å². The Balaban J connectivity index is 2.08. The zero-order valence-corrected chi connectivity index (χ0v) is 10.1. The van der Waals surface area contributed by atoms with Gasteiger partial charge in [0.05, 0.1) is 0 Å². The molecule has 0 fully saturated rings. The second-order valence-corrected chi connectivity index (χ2v) is 4.03. The molecular formula is C15H16FNO. The summed E-state index contributed by atoms with van der Waals surface area (Å²) < 4.78 is 18.9. The highest BCUT2D eigenvalue weighted by atomic mass is 19.1. The van der Waals surface area contributed by atoms with Crippen LogP contribution in [-0.2, 0) is 13.0 Å². The smallest absolute Gasteiger partial charge is 0.165 e. The number of hydrogen-bond acceptors (Lipinski definition) is 2. The van der Waals surface area contributed by atoms with Crippen LogP contribution in [0.1, 0.15) is 11.1 Å². The van der Waals surface area contributed by atoms with Gasteiger partial charge in [0.2, 0.25) is 0 Å². The van der Waals surface area contributed by atoms with E-state index < -0.39 is 0 Å². The van der Waals surface area contributed by atoms with Gasteiger partial charge in [-0.05, 0) is 36.2 Å². The van der Waals surface area contributed by atoms with E-state index in [1.54, 1.807) is 18.2 Å². The molecule has 3 heteroatoms. The third-order valence-corrected chi connectivity index (χ3v) is 2.75. The average Bonchev–Trinajstić information content (AvgIpc) is 2.40. The van der Waals surface area contributed by atoms with Gasteiger partial charge in [0, 0.05) is 0 Å². The van der Waals surface area contributed by atoms with Crippen molar-refractivity contribution < 1.29 is 9.13 Å². The molecule has 94 valence electrons. The molecule has 0 aliphatic carbocycles. The largest absolute Gasteiger partial charge is 0.486 e. The number of para-hydroxylation sites is 1. The molecule has 0 spiro atoms. The number of nitrogens with two attached hydrogens (primary N) is 1. The van der Waals surface area contributed by atoms with Gasteiger partial charge in [0.25, 0.3) is 0 Å². The zero-order chi connectivity index (χ0) is 12.8. The van der Waals surface area contributed by atoms with E-state index in [1.165, 1.54) is 6.07 Å². The van der Waals surface area contributed by atoms with Crippen LogP contribution in [-0.4, -0.2) is 6.54 Å². The molecule has 0 unspecified atom stereocenters.